The van der Waals surface area contributed by atoms with Gasteiger partial charge in [-0.3, -0.25) is 4.98 Å². The summed E-state index contributed by atoms with van der Waals surface area (Å²) in [4.78, 5) is 8.20. The van der Waals surface area contributed by atoms with Gasteiger partial charge >= 0.3 is 0 Å². The van der Waals surface area contributed by atoms with Crippen molar-refractivity contribution in [3.8, 4) is 0 Å². The average molecular weight is 177 g/mol. The lowest BCUT2D eigenvalue weighted by atomic mass is 9.80. The van der Waals surface area contributed by atoms with Crippen molar-refractivity contribution in [3.63, 3.8) is 0 Å². The quantitative estimate of drug-likeness (QED) is 0.768. The molecule has 0 radical (unpaired) electrons. The molecular weight excluding hydrogens is 162 g/mol. The van der Waals surface area contributed by atoms with Crippen LogP contribution in [0.3, 0.4) is 0 Å². The van der Waals surface area contributed by atoms with Gasteiger partial charge in [-0.05, 0) is 25.7 Å². The minimum Gasteiger partial charge on any atom is -0.366 e. The molecule has 3 heteroatoms. The summed E-state index contributed by atoms with van der Waals surface area (Å²) in [6.45, 7) is 2.22. The van der Waals surface area contributed by atoms with Crippen LogP contribution in [-0.2, 0) is 0 Å². The second-order valence-corrected chi connectivity index (χ2v) is 3.71. The number of nitrogens with one attached hydrogen (secondary N) is 1. The zero-order chi connectivity index (χ0) is 9.10. The van der Waals surface area contributed by atoms with Gasteiger partial charge in [0.1, 0.15) is 5.82 Å². The van der Waals surface area contributed by atoms with Crippen LogP contribution in [0.15, 0.2) is 18.6 Å². The Bertz CT molecular complexity index is 256. The second kappa shape index (κ2) is 3.73. The first-order valence-corrected chi connectivity index (χ1v) is 4.89. The van der Waals surface area contributed by atoms with E-state index in [1.165, 1.54) is 19.3 Å². The Kier molecular flexibility index (Phi) is 2.43. The first-order valence-electron chi connectivity index (χ1n) is 4.89. The predicted molar refractivity (Wildman–Crippen MR) is 52.5 cm³/mol. The van der Waals surface area contributed by atoms with Crippen molar-refractivity contribution in [2.75, 3.05) is 5.32 Å². The zero-order valence-corrected chi connectivity index (χ0v) is 7.90. The molecule has 1 aliphatic carbocycles. The summed E-state index contributed by atoms with van der Waals surface area (Å²) < 4.78 is 0. The number of nitrogens with zero attached hydrogens (tertiary/aromatic N) is 2. The molecule has 0 bridgehead atoms. The summed E-state index contributed by atoms with van der Waals surface area (Å²) in [7, 11) is 0. The number of anilines is 1. The summed E-state index contributed by atoms with van der Waals surface area (Å²) >= 11 is 0. The highest BCUT2D eigenvalue weighted by atomic mass is 15.0. The van der Waals surface area contributed by atoms with Crippen molar-refractivity contribution >= 4 is 5.82 Å². The minimum absolute atomic E-state index is 0.533. The van der Waals surface area contributed by atoms with Crippen LogP contribution in [0.2, 0.25) is 0 Å². The second-order valence-electron chi connectivity index (χ2n) is 3.71. The summed E-state index contributed by atoms with van der Waals surface area (Å²) in [6, 6.07) is 0.533. The summed E-state index contributed by atoms with van der Waals surface area (Å²) in [6.07, 6.45) is 9.28. The van der Waals surface area contributed by atoms with Crippen molar-refractivity contribution in [2.24, 2.45) is 5.92 Å². The molecule has 0 aromatic carbocycles. The van der Waals surface area contributed by atoms with Gasteiger partial charge in [-0.15, -0.1) is 0 Å². The molecule has 0 spiro atoms. The lowest BCUT2D eigenvalue weighted by Crippen LogP contribution is -2.31. The van der Waals surface area contributed by atoms with Gasteiger partial charge in [-0.25, -0.2) is 4.98 Å². The third kappa shape index (κ3) is 1.97. The normalized spacial score (nSPS) is 19.2. The van der Waals surface area contributed by atoms with E-state index in [4.69, 9.17) is 0 Å². The Labute approximate surface area is 78.6 Å². The van der Waals surface area contributed by atoms with E-state index in [2.05, 4.69) is 22.2 Å². The van der Waals surface area contributed by atoms with E-state index >= 15 is 0 Å². The molecule has 0 saturated heterocycles. The van der Waals surface area contributed by atoms with Crippen LogP contribution in [0, 0.1) is 5.92 Å². The average Bonchev–Trinajstić information content (AvgIpc) is 2.02. The topological polar surface area (TPSA) is 37.8 Å². The Morgan fingerprint density at radius 3 is 2.85 bits per heavy atom. The molecule has 3 nitrogen and oxygen atoms in total. The van der Waals surface area contributed by atoms with Crippen LogP contribution in [0.5, 0.6) is 0 Å². The molecule has 13 heavy (non-hydrogen) atoms. The van der Waals surface area contributed by atoms with Gasteiger partial charge in [0.15, 0.2) is 0 Å². The molecule has 1 fully saturated rings. The molecule has 0 unspecified atom stereocenters. The fraction of sp³-hybridized carbons (Fsp3) is 0.600. The maximum Gasteiger partial charge on any atom is 0.144 e. The van der Waals surface area contributed by atoms with E-state index in [1.54, 1.807) is 18.6 Å². The first-order chi connectivity index (χ1) is 6.36. The van der Waals surface area contributed by atoms with Gasteiger partial charge in [0.05, 0.1) is 6.20 Å². The van der Waals surface area contributed by atoms with Gasteiger partial charge in [-0.2, -0.15) is 0 Å². The van der Waals surface area contributed by atoms with Gasteiger partial charge in [-0.1, -0.05) is 6.42 Å². The fourth-order valence-corrected chi connectivity index (χ4v) is 1.66. The van der Waals surface area contributed by atoms with E-state index in [0.29, 0.717) is 6.04 Å². The van der Waals surface area contributed by atoms with Crippen molar-refractivity contribution in [3.05, 3.63) is 18.6 Å². The van der Waals surface area contributed by atoms with E-state index in [1.807, 2.05) is 0 Å². The van der Waals surface area contributed by atoms with Crippen LogP contribution in [0.25, 0.3) is 0 Å². The largest absolute Gasteiger partial charge is 0.366 e. The highest BCUT2D eigenvalue weighted by Crippen LogP contribution is 2.30. The van der Waals surface area contributed by atoms with Crippen LogP contribution in [0.1, 0.15) is 26.2 Å². The van der Waals surface area contributed by atoms with E-state index < -0.39 is 0 Å². The molecule has 2 rings (SSSR count). The molecule has 1 atom stereocenters. The van der Waals surface area contributed by atoms with Crippen LogP contribution >= 0.6 is 0 Å². The third-order valence-corrected chi connectivity index (χ3v) is 2.80. The lowest BCUT2D eigenvalue weighted by molar-refractivity contribution is 0.285. The summed E-state index contributed by atoms with van der Waals surface area (Å²) in [5.41, 5.74) is 0. The summed E-state index contributed by atoms with van der Waals surface area (Å²) in [5, 5.41) is 3.37. The fourth-order valence-electron chi connectivity index (χ4n) is 1.66. The SMILES string of the molecule is C[C@H](Nc1cnccn1)C1CCC1. The Hall–Kier alpha value is -1.12. The molecule has 1 saturated carbocycles. The Morgan fingerprint density at radius 1 is 1.46 bits per heavy atom. The predicted octanol–water partition coefficient (Wildman–Crippen LogP) is 2.08. The summed E-state index contributed by atoms with van der Waals surface area (Å²) in [5.74, 6) is 1.73. The zero-order valence-electron chi connectivity index (χ0n) is 7.90. The maximum atomic E-state index is 4.19. The van der Waals surface area contributed by atoms with Gasteiger partial charge in [0.2, 0.25) is 0 Å². The van der Waals surface area contributed by atoms with Crippen molar-refractivity contribution in [1.82, 2.24) is 9.97 Å². The smallest absolute Gasteiger partial charge is 0.144 e. The van der Waals surface area contributed by atoms with E-state index in [0.717, 1.165) is 11.7 Å². The number of rotatable bonds is 3. The molecule has 1 aliphatic rings. The number of hydrogen-bond acceptors (Lipinski definition) is 3. The molecule has 1 heterocycles. The molecule has 0 aliphatic heterocycles. The highest BCUT2D eigenvalue weighted by Gasteiger charge is 2.23. The van der Waals surface area contributed by atoms with Crippen LogP contribution in [0.4, 0.5) is 5.82 Å². The molecule has 1 aromatic rings. The first kappa shape index (κ1) is 8.48. The van der Waals surface area contributed by atoms with Crippen LogP contribution < -0.4 is 5.32 Å². The number of aromatic nitrogens is 2. The van der Waals surface area contributed by atoms with Gasteiger partial charge < -0.3 is 5.32 Å². The Morgan fingerprint density at radius 2 is 2.31 bits per heavy atom. The van der Waals surface area contributed by atoms with Gasteiger partial charge in [0, 0.05) is 18.4 Å². The van der Waals surface area contributed by atoms with E-state index in [9.17, 15) is 0 Å². The van der Waals surface area contributed by atoms with Crippen molar-refractivity contribution in [2.45, 2.75) is 32.2 Å². The monoisotopic (exact) mass is 177 g/mol. The molecule has 0 amide bonds. The maximum absolute atomic E-state index is 4.19. The number of hydrogen-bond donors (Lipinski definition) is 1. The molecule has 1 aromatic heterocycles. The molecular formula is C10H15N3. The van der Waals surface area contributed by atoms with Gasteiger partial charge in [0.25, 0.3) is 0 Å². The lowest BCUT2D eigenvalue weighted by Gasteiger charge is -2.32. The van der Waals surface area contributed by atoms with E-state index in [-0.39, 0.29) is 0 Å². The third-order valence-electron chi connectivity index (χ3n) is 2.80. The van der Waals surface area contributed by atoms with Crippen molar-refractivity contribution in [1.29, 1.82) is 0 Å². The molecule has 70 valence electrons. The van der Waals surface area contributed by atoms with Crippen molar-refractivity contribution < 1.29 is 0 Å². The highest BCUT2D eigenvalue weighted by molar-refractivity contribution is 5.31. The van der Waals surface area contributed by atoms with Crippen LogP contribution in [-0.4, -0.2) is 16.0 Å². The standard InChI is InChI=1S/C10H15N3/c1-8(9-3-2-4-9)13-10-7-11-5-6-12-10/h5-9H,2-4H2,1H3,(H,12,13)/t8-/m0/s1. The molecule has 1 N–H and O–H groups in total. The minimum atomic E-state index is 0.533. The Balaban J connectivity index is 1.90.